The van der Waals surface area contributed by atoms with Crippen molar-refractivity contribution in [3.05, 3.63) is 29.3 Å². The number of halogens is 1. The number of fused-ring (bicyclic) bond motifs is 1. The zero-order chi connectivity index (χ0) is 11.5. The van der Waals surface area contributed by atoms with E-state index in [-0.39, 0.29) is 5.91 Å². The lowest BCUT2D eigenvalue weighted by atomic mass is 9.98. The molecule has 1 amide bonds. The van der Waals surface area contributed by atoms with Crippen LogP contribution in [-0.2, 0) is 11.2 Å². The Bertz CT molecular complexity index is 403. The zero-order valence-corrected chi connectivity index (χ0v) is 11.0. The smallest absolute Gasteiger partial charge is 0.224 e. The van der Waals surface area contributed by atoms with Crippen molar-refractivity contribution >= 4 is 27.5 Å². The lowest BCUT2D eigenvalue weighted by molar-refractivity contribution is -0.116. The molecule has 1 aliphatic heterocycles. The molecule has 1 aliphatic rings. The summed E-state index contributed by atoms with van der Waals surface area (Å²) in [5.74, 6) is 0.129. The van der Waals surface area contributed by atoms with Crippen LogP contribution in [0.4, 0.5) is 5.69 Å². The molecule has 1 aromatic rings. The van der Waals surface area contributed by atoms with Crippen molar-refractivity contribution in [1.82, 2.24) is 0 Å². The summed E-state index contributed by atoms with van der Waals surface area (Å²) in [5, 5.41) is 2.90. The number of anilines is 1. The molecule has 2 nitrogen and oxygen atoms in total. The molecule has 1 N–H and O–H groups in total. The van der Waals surface area contributed by atoms with Gasteiger partial charge in [0.2, 0.25) is 5.91 Å². The molecule has 0 aromatic heterocycles. The van der Waals surface area contributed by atoms with Crippen LogP contribution in [0.3, 0.4) is 0 Å². The standard InChI is InChI=1S/C13H16BrNO/c1-2-3-11(14)9-4-6-12-10(8-9)5-7-13(16)15-12/h4,6,8,11H,2-3,5,7H2,1H3,(H,15,16). The predicted octanol–water partition coefficient (Wildman–Crippen LogP) is 3.81. The number of alkyl halides is 1. The SMILES string of the molecule is CCCC(Br)c1ccc2c(c1)CCC(=O)N2. The van der Waals surface area contributed by atoms with E-state index in [0.29, 0.717) is 11.2 Å². The third-order valence-electron chi connectivity index (χ3n) is 2.93. The van der Waals surface area contributed by atoms with Crippen LogP contribution in [0.25, 0.3) is 0 Å². The molecule has 1 heterocycles. The van der Waals surface area contributed by atoms with Gasteiger partial charge in [-0.1, -0.05) is 41.4 Å². The maximum absolute atomic E-state index is 11.2. The van der Waals surface area contributed by atoms with Crippen molar-refractivity contribution in [3.63, 3.8) is 0 Å². The zero-order valence-electron chi connectivity index (χ0n) is 9.42. The topological polar surface area (TPSA) is 29.1 Å². The van der Waals surface area contributed by atoms with Crippen LogP contribution in [-0.4, -0.2) is 5.91 Å². The van der Waals surface area contributed by atoms with E-state index in [1.165, 1.54) is 17.5 Å². The third-order valence-corrected chi connectivity index (χ3v) is 3.92. The molecule has 1 atom stereocenters. The van der Waals surface area contributed by atoms with Gasteiger partial charge in [-0.15, -0.1) is 0 Å². The Morgan fingerprint density at radius 1 is 1.44 bits per heavy atom. The fraction of sp³-hybridized carbons (Fsp3) is 0.462. The van der Waals surface area contributed by atoms with Crippen molar-refractivity contribution in [2.24, 2.45) is 0 Å². The van der Waals surface area contributed by atoms with E-state index in [2.05, 4.69) is 40.3 Å². The van der Waals surface area contributed by atoms with E-state index in [9.17, 15) is 4.79 Å². The van der Waals surface area contributed by atoms with Crippen LogP contribution in [0.2, 0.25) is 0 Å². The van der Waals surface area contributed by atoms with Gasteiger partial charge in [-0.05, 0) is 30.0 Å². The van der Waals surface area contributed by atoms with E-state index < -0.39 is 0 Å². The minimum absolute atomic E-state index is 0.129. The largest absolute Gasteiger partial charge is 0.326 e. The molecule has 2 rings (SSSR count). The van der Waals surface area contributed by atoms with E-state index in [1.807, 2.05) is 6.07 Å². The van der Waals surface area contributed by atoms with Gasteiger partial charge in [-0.3, -0.25) is 4.79 Å². The minimum Gasteiger partial charge on any atom is -0.326 e. The average Bonchev–Trinajstić information content (AvgIpc) is 2.28. The Labute approximate surface area is 105 Å². The highest BCUT2D eigenvalue weighted by Crippen LogP contribution is 2.32. The second-order valence-electron chi connectivity index (χ2n) is 4.22. The molecule has 0 spiro atoms. The monoisotopic (exact) mass is 281 g/mol. The minimum atomic E-state index is 0.129. The van der Waals surface area contributed by atoms with Crippen molar-refractivity contribution in [2.75, 3.05) is 5.32 Å². The molecule has 16 heavy (non-hydrogen) atoms. The van der Waals surface area contributed by atoms with Crippen molar-refractivity contribution in [3.8, 4) is 0 Å². The predicted molar refractivity (Wildman–Crippen MR) is 70.0 cm³/mol. The first-order valence-corrected chi connectivity index (χ1v) is 6.69. The number of hydrogen-bond acceptors (Lipinski definition) is 1. The number of carbonyl (C=O) groups is 1. The van der Waals surface area contributed by atoms with Gasteiger partial charge in [0.05, 0.1) is 0 Å². The van der Waals surface area contributed by atoms with Gasteiger partial charge in [0.15, 0.2) is 0 Å². The molecule has 3 heteroatoms. The molecule has 0 radical (unpaired) electrons. The van der Waals surface area contributed by atoms with Gasteiger partial charge in [0.25, 0.3) is 0 Å². The maximum atomic E-state index is 11.2. The van der Waals surface area contributed by atoms with Gasteiger partial charge >= 0.3 is 0 Å². The van der Waals surface area contributed by atoms with Crippen molar-refractivity contribution in [1.29, 1.82) is 0 Å². The first-order valence-electron chi connectivity index (χ1n) is 5.77. The van der Waals surface area contributed by atoms with Crippen LogP contribution < -0.4 is 5.32 Å². The van der Waals surface area contributed by atoms with Crippen molar-refractivity contribution in [2.45, 2.75) is 37.4 Å². The molecule has 0 fully saturated rings. The molecule has 0 saturated heterocycles. The Morgan fingerprint density at radius 3 is 3.00 bits per heavy atom. The summed E-state index contributed by atoms with van der Waals surface area (Å²) in [6.45, 7) is 2.19. The second-order valence-corrected chi connectivity index (χ2v) is 5.33. The van der Waals surface area contributed by atoms with Crippen LogP contribution in [0, 0.1) is 0 Å². The normalized spacial score (nSPS) is 16.5. The molecule has 86 valence electrons. The highest BCUT2D eigenvalue weighted by atomic mass is 79.9. The lowest BCUT2D eigenvalue weighted by Gasteiger charge is -2.19. The molecule has 1 aromatic carbocycles. The maximum Gasteiger partial charge on any atom is 0.224 e. The van der Waals surface area contributed by atoms with E-state index in [1.54, 1.807) is 0 Å². The fourth-order valence-electron chi connectivity index (χ4n) is 2.02. The van der Waals surface area contributed by atoms with E-state index in [4.69, 9.17) is 0 Å². The van der Waals surface area contributed by atoms with Gasteiger partial charge in [-0.25, -0.2) is 0 Å². The number of hydrogen-bond donors (Lipinski definition) is 1. The highest BCUT2D eigenvalue weighted by Gasteiger charge is 2.16. The third kappa shape index (κ3) is 2.46. The van der Waals surface area contributed by atoms with Gasteiger partial charge in [0.1, 0.15) is 0 Å². The van der Waals surface area contributed by atoms with Crippen molar-refractivity contribution < 1.29 is 4.79 Å². The second kappa shape index (κ2) is 5.00. The van der Waals surface area contributed by atoms with Crippen LogP contribution >= 0.6 is 15.9 Å². The van der Waals surface area contributed by atoms with Gasteiger partial charge < -0.3 is 5.32 Å². The molecule has 0 saturated carbocycles. The quantitative estimate of drug-likeness (QED) is 0.839. The van der Waals surface area contributed by atoms with E-state index >= 15 is 0 Å². The summed E-state index contributed by atoms with van der Waals surface area (Å²) in [6, 6.07) is 6.33. The summed E-state index contributed by atoms with van der Waals surface area (Å²) in [7, 11) is 0. The first-order chi connectivity index (χ1) is 7.70. The van der Waals surface area contributed by atoms with Crippen LogP contribution in [0.15, 0.2) is 18.2 Å². The number of rotatable bonds is 3. The average molecular weight is 282 g/mol. The summed E-state index contributed by atoms with van der Waals surface area (Å²) in [4.78, 5) is 11.7. The fourth-order valence-corrected chi connectivity index (χ4v) is 2.76. The molecule has 1 unspecified atom stereocenters. The Balaban J connectivity index is 2.22. The van der Waals surface area contributed by atoms with E-state index in [0.717, 1.165) is 18.5 Å². The molecule has 0 bridgehead atoms. The summed E-state index contributed by atoms with van der Waals surface area (Å²) >= 11 is 3.70. The Morgan fingerprint density at radius 2 is 2.25 bits per heavy atom. The Hall–Kier alpha value is -0.830. The van der Waals surface area contributed by atoms with Gasteiger partial charge in [0, 0.05) is 16.9 Å². The molecular formula is C13H16BrNO. The number of aryl methyl sites for hydroxylation is 1. The van der Waals surface area contributed by atoms with Gasteiger partial charge in [-0.2, -0.15) is 0 Å². The molecule has 0 aliphatic carbocycles. The van der Waals surface area contributed by atoms with Crippen LogP contribution in [0.1, 0.15) is 42.1 Å². The first kappa shape index (κ1) is 11.6. The number of nitrogens with one attached hydrogen (secondary N) is 1. The number of benzene rings is 1. The summed E-state index contributed by atoms with van der Waals surface area (Å²) in [6.07, 6.45) is 3.78. The number of carbonyl (C=O) groups excluding carboxylic acids is 1. The highest BCUT2D eigenvalue weighted by molar-refractivity contribution is 9.09. The lowest BCUT2D eigenvalue weighted by Crippen LogP contribution is -2.19. The molecular weight excluding hydrogens is 266 g/mol. The number of amides is 1. The summed E-state index contributed by atoms with van der Waals surface area (Å²) in [5.41, 5.74) is 3.56. The Kier molecular flexibility index (Phi) is 3.64. The van der Waals surface area contributed by atoms with Crippen LogP contribution in [0.5, 0.6) is 0 Å². The summed E-state index contributed by atoms with van der Waals surface area (Å²) < 4.78 is 0.